The number of rotatable bonds is 4. The van der Waals surface area contributed by atoms with Gasteiger partial charge in [0.1, 0.15) is 5.65 Å². The average Bonchev–Trinajstić information content (AvgIpc) is 3.38. The van der Waals surface area contributed by atoms with Gasteiger partial charge in [-0.3, -0.25) is 4.90 Å². The Hall–Kier alpha value is -2.81. The first-order valence-corrected chi connectivity index (χ1v) is 9.47. The Balaban J connectivity index is 1.64. The van der Waals surface area contributed by atoms with Crippen LogP contribution in [0.1, 0.15) is 5.69 Å². The molecule has 4 heterocycles. The van der Waals surface area contributed by atoms with Gasteiger partial charge in [0, 0.05) is 42.0 Å². The van der Waals surface area contributed by atoms with Crippen molar-refractivity contribution in [1.29, 1.82) is 0 Å². The molecule has 1 aliphatic rings. The van der Waals surface area contributed by atoms with Gasteiger partial charge < -0.3 is 9.14 Å². The number of aromatic nitrogens is 6. The van der Waals surface area contributed by atoms with Gasteiger partial charge in [-0.1, -0.05) is 23.7 Å². The van der Waals surface area contributed by atoms with Gasteiger partial charge in [-0.05, 0) is 34.7 Å². The highest BCUT2D eigenvalue weighted by Gasteiger charge is 2.19. The van der Waals surface area contributed by atoms with Crippen LogP contribution < -0.4 is 0 Å². The van der Waals surface area contributed by atoms with Crippen molar-refractivity contribution in [3.63, 3.8) is 0 Å². The van der Waals surface area contributed by atoms with Crippen LogP contribution in [0, 0.1) is 0 Å². The van der Waals surface area contributed by atoms with Gasteiger partial charge >= 0.3 is 0 Å². The summed E-state index contributed by atoms with van der Waals surface area (Å²) in [5.74, 6) is 0.626. The van der Waals surface area contributed by atoms with Crippen LogP contribution >= 0.6 is 11.6 Å². The van der Waals surface area contributed by atoms with E-state index in [2.05, 4.69) is 29.9 Å². The number of aromatic amines is 1. The molecule has 0 radical (unpaired) electrons. The Kier molecular flexibility index (Phi) is 4.52. The fourth-order valence-electron chi connectivity index (χ4n) is 3.48. The zero-order valence-corrected chi connectivity index (χ0v) is 15.8. The molecule has 0 aliphatic carbocycles. The van der Waals surface area contributed by atoms with Crippen LogP contribution in [0.15, 0.2) is 42.6 Å². The van der Waals surface area contributed by atoms with Crippen LogP contribution in [0.2, 0.25) is 5.02 Å². The predicted molar refractivity (Wildman–Crippen MR) is 105 cm³/mol. The molecule has 1 aliphatic heterocycles. The third kappa shape index (κ3) is 3.26. The molecule has 142 valence electrons. The molecule has 0 unspecified atom stereocenters. The van der Waals surface area contributed by atoms with Crippen LogP contribution in [-0.4, -0.2) is 61.2 Å². The van der Waals surface area contributed by atoms with Crippen molar-refractivity contribution in [2.45, 2.75) is 6.54 Å². The molecule has 28 heavy (non-hydrogen) atoms. The first-order chi connectivity index (χ1) is 13.8. The van der Waals surface area contributed by atoms with E-state index < -0.39 is 0 Å². The molecule has 1 N–H and O–H groups in total. The Morgan fingerprint density at radius 1 is 1.04 bits per heavy atom. The lowest BCUT2D eigenvalue weighted by Crippen LogP contribution is -2.36. The molecule has 0 spiro atoms. The molecule has 4 aromatic rings. The fraction of sp³-hybridized carbons (Fsp3) is 0.263. The SMILES string of the molecule is Clc1ccc(-c2nc3ccc(-c4nnn[nH]4)cn3c2CN2CCOCC2)cc1. The number of H-pyrrole nitrogens is 1. The topological polar surface area (TPSA) is 84.2 Å². The second kappa shape index (κ2) is 7.31. The minimum absolute atomic E-state index is 0.626. The second-order valence-electron chi connectivity index (χ2n) is 6.70. The summed E-state index contributed by atoms with van der Waals surface area (Å²) in [6, 6.07) is 11.8. The fourth-order valence-corrected chi connectivity index (χ4v) is 3.60. The van der Waals surface area contributed by atoms with E-state index in [-0.39, 0.29) is 0 Å². The van der Waals surface area contributed by atoms with Crippen LogP contribution in [-0.2, 0) is 11.3 Å². The average molecular weight is 396 g/mol. The normalized spacial score (nSPS) is 15.3. The van der Waals surface area contributed by atoms with Gasteiger partial charge in [0.05, 0.1) is 24.6 Å². The molecular weight excluding hydrogens is 378 g/mol. The maximum absolute atomic E-state index is 6.08. The highest BCUT2D eigenvalue weighted by Crippen LogP contribution is 2.28. The minimum atomic E-state index is 0.626. The minimum Gasteiger partial charge on any atom is -0.379 e. The third-order valence-electron chi connectivity index (χ3n) is 4.93. The Morgan fingerprint density at radius 3 is 2.57 bits per heavy atom. The molecular formula is C19H18ClN7O. The number of pyridine rings is 1. The molecule has 8 nitrogen and oxygen atoms in total. The van der Waals surface area contributed by atoms with E-state index in [1.54, 1.807) is 0 Å². The summed E-state index contributed by atoms with van der Waals surface area (Å²) in [7, 11) is 0. The lowest BCUT2D eigenvalue weighted by molar-refractivity contribution is 0.0336. The van der Waals surface area contributed by atoms with E-state index in [9.17, 15) is 0 Å². The Labute approximate surface area is 166 Å². The molecule has 0 saturated carbocycles. The van der Waals surface area contributed by atoms with Gasteiger partial charge in [-0.15, -0.1) is 5.10 Å². The maximum Gasteiger partial charge on any atom is 0.180 e. The zero-order chi connectivity index (χ0) is 18.9. The van der Waals surface area contributed by atoms with Crippen LogP contribution in [0.4, 0.5) is 0 Å². The molecule has 1 saturated heterocycles. The molecule has 5 rings (SSSR count). The van der Waals surface area contributed by atoms with E-state index in [0.29, 0.717) is 10.8 Å². The summed E-state index contributed by atoms with van der Waals surface area (Å²) >= 11 is 6.08. The number of halogens is 1. The molecule has 0 bridgehead atoms. The van der Waals surface area contributed by atoms with Crippen molar-refractivity contribution in [3.8, 4) is 22.6 Å². The first kappa shape index (κ1) is 17.3. The lowest BCUT2D eigenvalue weighted by Gasteiger charge is -2.26. The van der Waals surface area contributed by atoms with Crippen molar-refractivity contribution in [1.82, 2.24) is 34.9 Å². The molecule has 0 amide bonds. The third-order valence-corrected chi connectivity index (χ3v) is 5.18. The van der Waals surface area contributed by atoms with Crippen molar-refractivity contribution in [3.05, 3.63) is 53.3 Å². The van der Waals surface area contributed by atoms with Crippen molar-refractivity contribution < 1.29 is 4.74 Å². The van der Waals surface area contributed by atoms with Crippen LogP contribution in [0.3, 0.4) is 0 Å². The van der Waals surface area contributed by atoms with Crippen LogP contribution in [0.5, 0.6) is 0 Å². The van der Waals surface area contributed by atoms with Gasteiger partial charge in [-0.2, -0.15) is 0 Å². The summed E-state index contributed by atoms with van der Waals surface area (Å²) in [6.45, 7) is 4.09. The second-order valence-corrected chi connectivity index (χ2v) is 7.13. The number of morpholine rings is 1. The Morgan fingerprint density at radius 2 is 1.82 bits per heavy atom. The smallest absolute Gasteiger partial charge is 0.180 e. The molecule has 0 atom stereocenters. The van der Waals surface area contributed by atoms with Crippen LogP contribution in [0.25, 0.3) is 28.3 Å². The molecule has 1 fully saturated rings. The number of imidazole rings is 1. The number of hydrogen-bond acceptors (Lipinski definition) is 6. The van der Waals surface area contributed by atoms with Gasteiger partial charge in [0.2, 0.25) is 0 Å². The maximum atomic E-state index is 6.08. The number of ether oxygens (including phenoxy) is 1. The predicted octanol–water partition coefficient (Wildman–Crippen LogP) is 2.67. The summed E-state index contributed by atoms with van der Waals surface area (Å²) in [6.07, 6.45) is 2.03. The van der Waals surface area contributed by atoms with Crippen molar-refractivity contribution >= 4 is 17.2 Å². The van der Waals surface area contributed by atoms with E-state index in [1.807, 2.05) is 42.6 Å². The number of benzene rings is 1. The number of tetrazole rings is 1. The number of hydrogen-bond donors (Lipinski definition) is 1. The summed E-state index contributed by atoms with van der Waals surface area (Å²) in [4.78, 5) is 7.28. The van der Waals surface area contributed by atoms with Gasteiger partial charge in [0.15, 0.2) is 5.82 Å². The molecule has 3 aromatic heterocycles. The van der Waals surface area contributed by atoms with Crippen molar-refractivity contribution in [2.75, 3.05) is 26.3 Å². The van der Waals surface area contributed by atoms with Gasteiger partial charge in [0.25, 0.3) is 0 Å². The number of nitrogens with one attached hydrogen (secondary N) is 1. The zero-order valence-electron chi connectivity index (χ0n) is 15.0. The highest BCUT2D eigenvalue weighted by atomic mass is 35.5. The quantitative estimate of drug-likeness (QED) is 0.572. The number of fused-ring (bicyclic) bond motifs is 1. The largest absolute Gasteiger partial charge is 0.379 e. The summed E-state index contributed by atoms with van der Waals surface area (Å²) in [5.41, 5.74) is 4.90. The summed E-state index contributed by atoms with van der Waals surface area (Å²) in [5, 5.41) is 14.9. The summed E-state index contributed by atoms with van der Waals surface area (Å²) < 4.78 is 7.62. The standard InChI is InChI=1S/C19H18ClN7O/c20-15-4-1-13(2-5-15)18-16(12-26-7-9-28-10-8-26)27-11-14(3-6-17(27)21-18)19-22-24-25-23-19/h1-6,11H,7-10,12H2,(H,22,23,24,25). The van der Waals surface area contributed by atoms with Crippen molar-refractivity contribution in [2.24, 2.45) is 0 Å². The van der Waals surface area contributed by atoms with E-state index in [1.165, 1.54) is 0 Å². The first-order valence-electron chi connectivity index (χ1n) is 9.09. The lowest BCUT2D eigenvalue weighted by atomic mass is 10.1. The number of nitrogens with zero attached hydrogens (tertiary/aromatic N) is 6. The van der Waals surface area contributed by atoms with E-state index in [0.717, 1.165) is 61.0 Å². The van der Waals surface area contributed by atoms with Gasteiger partial charge in [-0.25, -0.2) is 10.1 Å². The van der Waals surface area contributed by atoms with E-state index >= 15 is 0 Å². The molecule has 1 aromatic carbocycles. The van der Waals surface area contributed by atoms with E-state index in [4.69, 9.17) is 21.3 Å². The monoisotopic (exact) mass is 395 g/mol. The highest BCUT2D eigenvalue weighted by molar-refractivity contribution is 6.30. The Bertz CT molecular complexity index is 1090. The molecule has 9 heteroatoms.